The molecule has 6 nitrogen and oxygen atoms in total. The molecule has 0 radical (unpaired) electrons. The number of nitrogens with zero attached hydrogens (tertiary/aromatic N) is 1. The SMILES string of the molecule is C[C@H](OC(=O)c1cc(-c2ccco2)nc2ccccc12)C(=O)N[C@H](C)c1ccccc1. The lowest BCUT2D eigenvalue weighted by atomic mass is 10.1. The second kappa shape index (κ2) is 8.83. The molecule has 0 aliphatic carbocycles. The molecule has 2 heterocycles. The molecule has 1 N–H and O–H groups in total. The average Bonchev–Trinajstić information content (AvgIpc) is 3.33. The van der Waals surface area contributed by atoms with Gasteiger partial charge in [-0.3, -0.25) is 4.79 Å². The fourth-order valence-electron chi connectivity index (χ4n) is 3.33. The van der Waals surface area contributed by atoms with Gasteiger partial charge in [0.2, 0.25) is 0 Å². The zero-order valence-electron chi connectivity index (χ0n) is 17.2. The normalized spacial score (nSPS) is 12.8. The smallest absolute Gasteiger partial charge is 0.339 e. The molecular formula is C25H22N2O4. The van der Waals surface area contributed by atoms with Crippen molar-refractivity contribution in [3.05, 3.63) is 90.2 Å². The van der Waals surface area contributed by atoms with Gasteiger partial charge in [0.15, 0.2) is 11.9 Å². The minimum absolute atomic E-state index is 0.206. The third kappa shape index (κ3) is 4.48. The maximum Gasteiger partial charge on any atom is 0.339 e. The van der Waals surface area contributed by atoms with E-state index in [4.69, 9.17) is 9.15 Å². The molecule has 0 aliphatic rings. The van der Waals surface area contributed by atoms with Crippen LogP contribution in [0.1, 0.15) is 35.8 Å². The summed E-state index contributed by atoms with van der Waals surface area (Å²) in [7, 11) is 0. The summed E-state index contributed by atoms with van der Waals surface area (Å²) < 4.78 is 10.9. The first-order valence-corrected chi connectivity index (χ1v) is 10.0. The van der Waals surface area contributed by atoms with Gasteiger partial charge in [-0.2, -0.15) is 0 Å². The van der Waals surface area contributed by atoms with Crippen LogP contribution < -0.4 is 5.32 Å². The Morgan fingerprint density at radius 2 is 1.71 bits per heavy atom. The summed E-state index contributed by atoms with van der Waals surface area (Å²) in [6.45, 7) is 3.44. The highest BCUT2D eigenvalue weighted by atomic mass is 16.5. The number of ether oxygens (including phenoxy) is 1. The van der Waals surface area contributed by atoms with Crippen molar-refractivity contribution in [3.63, 3.8) is 0 Å². The molecular weight excluding hydrogens is 392 g/mol. The van der Waals surface area contributed by atoms with Crippen LogP contribution in [0, 0.1) is 0 Å². The van der Waals surface area contributed by atoms with Crippen LogP contribution >= 0.6 is 0 Å². The number of fused-ring (bicyclic) bond motifs is 1. The van der Waals surface area contributed by atoms with Crippen LogP contribution in [0.25, 0.3) is 22.4 Å². The van der Waals surface area contributed by atoms with Gasteiger partial charge in [-0.1, -0.05) is 48.5 Å². The van der Waals surface area contributed by atoms with Crippen LogP contribution in [0.2, 0.25) is 0 Å². The van der Waals surface area contributed by atoms with Gasteiger partial charge in [0, 0.05) is 5.39 Å². The molecule has 0 bridgehead atoms. The predicted molar refractivity (Wildman–Crippen MR) is 117 cm³/mol. The fraction of sp³-hybridized carbons (Fsp3) is 0.160. The highest BCUT2D eigenvalue weighted by molar-refractivity contribution is 6.05. The summed E-state index contributed by atoms with van der Waals surface area (Å²) in [4.78, 5) is 30.2. The van der Waals surface area contributed by atoms with Crippen LogP contribution in [-0.4, -0.2) is 23.0 Å². The number of hydrogen-bond donors (Lipinski definition) is 1. The quantitative estimate of drug-likeness (QED) is 0.453. The van der Waals surface area contributed by atoms with E-state index in [0.717, 1.165) is 5.56 Å². The van der Waals surface area contributed by atoms with Crippen LogP contribution in [0.5, 0.6) is 0 Å². The number of carbonyl (C=O) groups excluding carboxylic acids is 2. The molecule has 4 aromatic rings. The second-order valence-corrected chi connectivity index (χ2v) is 7.24. The van der Waals surface area contributed by atoms with Gasteiger partial charge in [-0.05, 0) is 43.7 Å². The van der Waals surface area contributed by atoms with E-state index in [1.54, 1.807) is 37.5 Å². The van der Waals surface area contributed by atoms with Gasteiger partial charge >= 0.3 is 5.97 Å². The number of aromatic nitrogens is 1. The molecule has 0 unspecified atom stereocenters. The molecule has 0 fully saturated rings. The molecule has 2 atom stereocenters. The third-order valence-electron chi connectivity index (χ3n) is 5.02. The Morgan fingerprint density at radius 1 is 0.968 bits per heavy atom. The zero-order chi connectivity index (χ0) is 21.8. The van der Waals surface area contributed by atoms with Crippen molar-refractivity contribution in [2.75, 3.05) is 0 Å². The van der Waals surface area contributed by atoms with E-state index in [-0.39, 0.29) is 11.9 Å². The number of benzene rings is 2. The molecule has 156 valence electrons. The van der Waals surface area contributed by atoms with Gasteiger partial charge in [-0.25, -0.2) is 9.78 Å². The average molecular weight is 414 g/mol. The summed E-state index contributed by atoms with van der Waals surface area (Å²) in [5.41, 5.74) is 2.45. The summed E-state index contributed by atoms with van der Waals surface area (Å²) in [5, 5.41) is 3.53. The largest absolute Gasteiger partial charge is 0.463 e. The number of amides is 1. The van der Waals surface area contributed by atoms with E-state index >= 15 is 0 Å². The van der Waals surface area contributed by atoms with Crippen LogP contribution in [0.15, 0.2) is 83.5 Å². The summed E-state index contributed by atoms with van der Waals surface area (Å²) in [5.74, 6) is -0.418. The van der Waals surface area contributed by atoms with E-state index in [1.165, 1.54) is 0 Å². The van der Waals surface area contributed by atoms with E-state index in [9.17, 15) is 9.59 Å². The number of hydrogen-bond acceptors (Lipinski definition) is 5. The van der Waals surface area contributed by atoms with Gasteiger partial charge in [0.25, 0.3) is 5.91 Å². The van der Waals surface area contributed by atoms with Crippen LogP contribution in [-0.2, 0) is 9.53 Å². The molecule has 31 heavy (non-hydrogen) atoms. The fourth-order valence-corrected chi connectivity index (χ4v) is 3.33. The van der Waals surface area contributed by atoms with E-state index in [1.807, 2.05) is 55.5 Å². The monoisotopic (exact) mass is 414 g/mol. The molecule has 0 aliphatic heterocycles. The molecule has 2 aromatic heterocycles. The Balaban J connectivity index is 1.54. The standard InChI is InChI=1S/C25H22N2O4/c1-16(18-9-4-3-5-10-18)26-24(28)17(2)31-25(29)20-15-22(23-13-8-14-30-23)27-21-12-7-6-11-19(20)21/h3-17H,1-2H3,(H,26,28)/t16-,17+/m1/s1. The van der Waals surface area contributed by atoms with Gasteiger partial charge in [-0.15, -0.1) is 0 Å². The topological polar surface area (TPSA) is 81.4 Å². The van der Waals surface area contributed by atoms with Crippen molar-refractivity contribution >= 4 is 22.8 Å². The number of rotatable bonds is 6. The molecule has 0 spiro atoms. The minimum atomic E-state index is -0.961. The molecule has 0 saturated carbocycles. The number of nitrogens with one attached hydrogen (secondary N) is 1. The first-order valence-electron chi connectivity index (χ1n) is 10.0. The lowest BCUT2D eigenvalue weighted by molar-refractivity contribution is -0.129. The number of carbonyl (C=O) groups is 2. The number of pyridine rings is 1. The Kier molecular flexibility index (Phi) is 5.80. The minimum Gasteiger partial charge on any atom is -0.463 e. The van der Waals surface area contributed by atoms with E-state index in [2.05, 4.69) is 10.3 Å². The van der Waals surface area contributed by atoms with Gasteiger partial charge in [0.1, 0.15) is 5.69 Å². The van der Waals surface area contributed by atoms with Crippen molar-refractivity contribution in [2.24, 2.45) is 0 Å². The first-order chi connectivity index (χ1) is 15.0. The number of furan rings is 1. The van der Waals surface area contributed by atoms with Crippen molar-refractivity contribution in [1.29, 1.82) is 0 Å². The molecule has 6 heteroatoms. The highest BCUT2D eigenvalue weighted by Gasteiger charge is 2.23. The zero-order valence-corrected chi connectivity index (χ0v) is 17.2. The van der Waals surface area contributed by atoms with E-state index < -0.39 is 12.1 Å². The highest BCUT2D eigenvalue weighted by Crippen LogP contribution is 2.26. The Labute approximate surface area is 179 Å². The summed E-state index contributed by atoms with van der Waals surface area (Å²) >= 11 is 0. The maximum atomic E-state index is 13.0. The third-order valence-corrected chi connectivity index (χ3v) is 5.02. The summed E-state index contributed by atoms with van der Waals surface area (Å²) in [6.07, 6.45) is 0.586. The van der Waals surface area contributed by atoms with Gasteiger partial charge < -0.3 is 14.5 Å². The lowest BCUT2D eigenvalue weighted by Gasteiger charge is -2.18. The Morgan fingerprint density at radius 3 is 2.45 bits per heavy atom. The summed E-state index contributed by atoms with van der Waals surface area (Å²) in [6, 6.07) is 21.8. The van der Waals surface area contributed by atoms with Crippen molar-refractivity contribution in [3.8, 4) is 11.5 Å². The Bertz CT molecular complexity index is 1200. The lowest BCUT2D eigenvalue weighted by Crippen LogP contribution is -2.37. The molecule has 4 rings (SSSR count). The number of esters is 1. The van der Waals surface area contributed by atoms with Crippen LogP contribution in [0.4, 0.5) is 0 Å². The van der Waals surface area contributed by atoms with Crippen molar-refractivity contribution < 1.29 is 18.7 Å². The predicted octanol–water partition coefficient (Wildman–Crippen LogP) is 4.92. The van der Waals surface area contributed by atoms with Crippen molar-refractivity contribution in [1.82, 2.24) is 10.3 Å². The van der Waals surface area contributed by atoms with Crippen LogP contribution in [0.3, 0.4) is 0 Å². The molecule has 2 aromatic carbocycles. The molecule has 1 amide bonds. The maximum absolute atomic E-state index is 13.0. The number of para-hydroxylation sites is 1. The van der Waals surface area contributed by atoms with Crippen molar-refractivity contribution in [2.45, 2.75) is 26.0 Å². The van der Waals surface area contributed by atoms with Gasteiger partial charge in [0.05, 0.1) is 23.4 Å². The molecule has 0 saturated heterocycles. The second-order valence-electron chi connectivity index (χ2n) is 7.24. The Hall–Kier alpha value is -3.93. The first kappa shape index (κ1) is 20.3. The van der Waals surface area contributed by atoms with E-state index in [0.29, 0.717) is 27.9 Å².